The number of carbonyl (C=O) groups is 3. The molecule has 0 saturated heterocycles. The van der Waals surface area contributed by atoms with Crippen molar-refractivity contribution in [3.05, 3.63) is 65.5 Å². The van der Waals surface area contributed by atoms with Gasteiger partial charge in [-0.1, -0.05) is 30.3 Å². The molecule has 0 unspecified atom stereocenters. The second kappa shape index (κ2) is 8.02. The summed E-state index contributed by atoms with van der Waals surface area (Å²) in [6, 6.07) is 10.2. The lowest BCUT2D eigenvalue weighted by atomic mass is 10.0. The largest absolute Gasteiger partial charge is 0.479 e. The molecular formula is C17H16N2O6. The molecule has 0 aliphatic carbocycles. The molecule has 2 atom stereocenters. The highest BCUT2D eigenvalue weighted by atomic mass is 16.4. The van der Waals surface area contributed by atoms with Gasteiger partial charge in [-0.2, -0.15) is 0 Å². The normalized spacial score (nSPS) is 12.8. The summed E-state index contributed by atoms with van der Waals surface area (Å²) in [4.78, 5) is 37.7. The van der Waals surface area contributed by atoms with Crippen LogP contribution in [0.1, 0.15) is 26.4 Å². The number of carboxylic acids is 2. The number of hydrogen-bond donors (Lipinski definition) is 4. The van der Waals surface area contributed by atoms with E-state index < -0.39 is 30.0 Å². The Kier molecular flexibility index (Phi) is 5.80. The fourth-order valence-corrected chi connectivity index (χ4v) is 2.19. The Labute approximate surface area is 142 Å². The zero-order valence-electron chi connectivity index (χ0n) is 13.0. The van der Waals surface area contributed by atoms with E-state index in [9.17, 15) is 19.5 Å². The van der Waals surface area contributed by atoms with Crippen LogP contribution in [0.15, 0.2) is 48.7 Å². The maximum Gasteiger partial charge on any atom is 0.354 e. The van der Waals surface area contributed by atoms with E-state index in [4.69, 9.17) is 10.2 Å². The lowest BCUT2D eigenvalue weighted by molar-refractivity contribution is -0.148. The number of aliphatic carboxylic acids is 1. The minimum Gasteiger partial charge on any atom is -0.479 e. The van der Waals surface area contributed by atoms with Crippen molar-refractivity contribution in [2.75, 3.05) is 0 Å². The molecule has 8 nitrogen and oxygen atoms in total. The van der Waals surface area contributed by atoms with E-state index in [0.717, 1.165) is 17.8 Å². The third-order valence-corrected chi connectivity index (χ3v) is 3.49. The number of pyridine rings is 1. The second-order valence-corrected chi connectivity index (χ2v) is 5.29. The lowest BCUT2D eigenvalue weighted by Gasteiger charge is -2.21. The van der Waals surface area contributed by atoms with Gasteiger partial charge in [-0.3, -0.25) is 4.79 Å². The van der Waals surface area contributed by atoms with Gasteiger partial charge in [0.15, 0.2) is 6.10 Å². The molecule has 1 heterocycles. The van der Waals surface area contributed by atoms with Gasteiger partial charge in [-0.05, 0) is 24.1 Å². The van der Waals surface area contributed by atoms with Crippen LogP contribution in [0.4, 0.5) is 0 Å². The topological polar surface area (TPSA) is 137 Å². The smallest absolute Gasteiger partial charge is 0.354 e. The molecule has 0 saturated carbocycles. The summed E-state index contributed by atoms with van der Waals surface area (Å²) >= 11 is 0. The highest BCUT2D eigenvalue weighted by Gasteiger charge is 2.28. The Balaban J connectivity index is 2.16. The van der Waals surface area contributed by atoms with E-state index in [1.54, 1.807) is 30.3 Å². The first kappa shape index (κ1) is 18.1. The van der Waals surface area contributed by atoms with Gasteiger partial charge in [-0.15, -0.1) is 0 Å². The van der Waals surface area contributed by atoms with Gasteiger partial charge in [0.2, 0.25) is 0 Å². The molecule has 0 aliphatic heterocycles. The number of nitrogens with zero attached hydrogens (tertiary/aromatic N) is 1. The number of aromatic carboxylic acids is 1. The lowest BCUT2D eigenvalue weighted by Crippen LogP contribution is -2.48. The molecule has 8 heteroatoms. The average molecular weight is 344 g/mol. The molecule has 0 bridgehead atoms. The first-order valence-corrected chi connectivity index (χ1v) is 7.33. The number of hydrogen-bond acceptors (Lipinski definition) is 5. The Morgan fingerprint density at radius 3 is 2.24 bits per heavy atom. The monoisotopic (exact) mass is 344 g/mol. The van der Waals surface area contributed by atoms with E-state index in [-0.39, 0.29) is 17.7 Å². The molecule has 0 radical (unpaired) electrons. The summed E-state index contributed by atoms with van der Waals surface area (Å²) in [5.74, 6) is -3.35. The van der Waals surface area contributed by atoms with Crippen molar-refractivity contribution < 1.29 is 29.7 Å². The molecule has 2 aromatic rings. The Bertz CT molecular complexity index is 760. The molecule has 2 rings (SSSR count). The van der Waals surface area contributed by atoms with Crippen molar-refractivity contribution >= 4 is 17.8 Å². The number of aromatic nitrogens is 1. The van der Waals surface area contributed by atoms with Crippen LogP contribution in [0.2, 0.25) is 0 Å². The molecule has 1 aromatic carbocycles. The molecule has 25 heavy (non-hydrogen) atoms. The number of nitrogens with one attached hydrogen (secondary N) is 1. The highest BCUT2D eigenvalue weighted by molar-refractivity contribution is 5.95. The molecule has 1 amide bonds. The fraction of sp³-hybridized carbons (Fsp3) is 0.176. The van der Waals surface area contributed by atoms with Crippen LogP contribution in [0.5, 0.6) is 0 Å². The SMILES string of the molecule is O=C(N[C@H](Cc1ccccc1)[C@@H](O)C(=O)O)c1ccc(C(=O)O)nc1. The van der Waals surface area contributed by atoms with Gasteiger partial charge >= 0.3 is 11.9 Å². The molecule has 0 aliphatic rings. The summed E-state index contributed by atoms with van der Waals surface area (Å²) in [6.07, 6.45) is -0.609. The minimum atomic E-state index is -1.80. The molecular weight excluding hydrogens is 328 g/mol. The fourth-order valence-electron chi connectivity index (χ4n) is 2.19. The van der Waals surface area contributed by atoms with Crippen molar-refractivity contribution in [3.63, 3.8) is 0 Å². The molecule has 1 aromatic heterocycles. The van der Waals surface area contributed by atoms with Crippen LogP contribution in [0.25, 0.3) is 0 Å². The molecule has 0 fully saturated rings. The van der Waals surface area contributed by atoms with Gasteiger partial charge in [0.1, 0.15) is 5.69 Å². The van der Waals surface area contributed by atoms with Crippen molar-refractivity contribution in [2.24, 2.45) is 0 Å². The van der Waals surface area contributed by atoms with Gasteiger partial charge < -0.3 is 20.6 Å². The van der Waals surface area contributed by atoms with Crippen molar-refractivity contribution in [1.82, 2.24) is 10.3 Å². The third kappa shape index (κ3) is 4.85. The predicted molar refractivity (Wildman–Crippen MR) is 86.2 cm³/mol. The maximum atomic E-state index is 12.3. The zero-order chi connectivity index (χ0) is 18.4. The van der Waals surface area contributed by atoms with Crippen molar-refractivity contribution in [1.29, 1.82) is 0 Å². The summed E-state index contributed by atoms with van der Waals surface area (Å²) in [7, 11) is 0. The van der Waals surface area contributed by atoms with Gasteiger partial charge in [0.25, 0.3) is 5.91 Å². The van der Waals surface area contributed by atoms with Gasteiger partial charge in [0.05, 0.1) is 11.6 Å². The highest BCUT2D eigenvalue weighted by Crippen LogP contribution is 2.09. The van der Waals surface area contributed by atoms with E-state index >= 15 is 0 Å². The van der Waals surface area contributed by atoms with Crippen LogP contribution in [0.3, 0.4) is 0 Å². The summed E-state index contributed by atoms with van der Waals surface area (Å²) in [5.41, 5.74) is 0.580. The summed E-state index contributed by atoms with van der Waals surface area (Å²) < 4.78 is 0. The van der Waals surface area contributed by atoms with Crippen LogP contribution in [-0.2, 0) is 11.2 Å². The molecule has 0 spiro atoms. The number of amides is 1. The zero-order valence-corrected chi connectivity index (χ0v) is 13.0. The molecule has 4 N–H and O–H groups in total. The van der Waals surface area contributed by atoms with E-state index in [1.807, 2.05) is 0 Å². The first-order valence-electron chi connectivity index (χ1n) is 7.33. The second-order valence-electron chi connectivity index (χ2n) is 5.29. The Hall–Kier alpha value is -3.26. The van der Waals surface area contributed by atoms with Gasteiger partial charge in [0, 0.05) is 6.20 Å². The van der Waals surface area contributed by atoms with Crippen LogP contribution in [-0.4, -0.2) is 50.3 Å². The average Bonchev–Trinajstić information content (AvgIpc) is 2.61. The van der Waals surface area contributed by atoms with Crippen LogP contribution < -0.4 is 5.32 Å². The van der Waals surface area contributed by atoms with Crippen LogP contribution >= 0.6 is 0 Å². The standard InChI is InChI=1S/C17H16N2O6/c20-14(17(24)25)13(8-10-4-2-1-3-5-10)19-15(21)11-6-7-12(16(22)23)18-9-11/h1-7,9,13-14,20H,8H2,(H,19,21)(H,22,23)(H,24,25)/t13-,14-/m1/s1. The van der Waals surface area contributed by atoms with E-state index in [0.29, 0.717) is 0 Å². The Morgan fingerprint density at radius 2 is 1.72 bits per heavy atom. The number of aliphatic hydroxyl groups excluding tert-OH is 1. The maximum absolute atomic E-state index is 12.3. The number of carbonyl (C=O) groups excluding carboxylic acids is 1. The third-order valence-electron chi connectivity index (χ3n) is 3.49. The number of aliphatic hydroxyl groups is 1. The number of rotatable bonds is 7. The number of benzene rings is 1. The quantitative estimate of drug-likeness (QED) is 0.576. The summed E-state index contributed by atoms with van der Waals surface area (Å²) in [5, 5.41) is 30.1. The predicted octanol–water partition coefficient (Wildman–Crippen LogP) is 0.566. The van der Waals surface area contributed by atoms with Crippen molar-refractivity contribution in [2.45, 2.75) is 18.6 Å². The number of carboxylic acid groups (broad SMARTS) is 2. The van der Waals surface area contributed by atoms with Crippen LogP contribution in [0, 0.1) is 0 Å². The van der Waals surface area contributed by atoms with E-state index in [1.165, 1.54) is 6.07 Å². The van der Waals surface area contributed by atoms with E-state index in [2.05, 4.69) is 10.3 Å². The molecule has 130 valence electrons. The van der Waals surface area contributed by atoms with Crippen molar-refractivity contribution in [3.8, 4) is 0 Å². The Morgan fingerprint density at radius 1 is 1.04 bits per heavy atom. The van der Waals surface area contributed by atoms with Gasteiger partial charge in [-0.25, -0.2) is 14.6 Å². The summed E-state index contributed by atoms with van der Waals surface area (Å²) in [6.45, 7) is 0. The first-order chi connectivity index (χ1) is 11.9. The minimum absolute atomic E-state index is 0.0562.